The minimum absolute atomic E-state index is 0.509. The normalized spacial score (nSPS) is 15.3. The SMILES string of the molecule is CN1CCN(c2cccc3[nH]c(-c4nc(Cc5ccc(Cl)cc5)no4)cc23)CC1. The van der Waals surface area contributed by atoms with E-state index in [1.165, 1.54) is 11.1 Å². The molecule has 0 saturated carbocycles. The van der Waals surface area contributed by atoms with Crippen molar-refractivity contribution in [3.8, 4) is 11.6 Å². The number of hydrogen-bond donors (Lipinski definition) is 1. The van der Waals surface area contributed by atoms with Crippen molar-refractivity contribution in [2.24, 2.45) is 0 Å². The van der Waals surface area contributed by atoms with Crippen molar-refractivity contribution in [2.75, 3.05) is 38.1 Å². The molecule has 1 aliphatic heterocycles. The third-order valence-electron chi connectivity index (χ3n) is 5.46. The van der Waals surface area contributed by atoms with Gasteiger partial charge in [-0.1, -0.05) is 35.0 Å². The molecule has 148 valence electrons. The fraction of sp³-hybridized carbons (Fsp3) is 0.273. The number of rotatable bonds is 4. The number of nitrogens with one attached hydrogen (secondary N) is 1. The lowest BCUT2D eigenvalue weighted by atomic mass is 10.1. The lowest BCUT2D eigenvalue weighted by Gasteiger charge is -2.34. The first kappa shape index (κ1) is 18.2. The molecule has 0 spiro atoms. The number of halogens is 1. The molecule has 0 atom stereocenters. The third kappa shape index (κ3) is 3.73. The molecule has 4 aromatic rings. The summed E-state index contributed by atoms with van der Waals surface area (Å²) in [5, 5.41) is 6.05. The minimum atomic E-state index is 0.509. The van der Waals surface area contributed by atoms with Crippen LogP contribution in [-0.4, -0.2) is 53.3 Å². The number of H-pyrrole nitrogens is 1. The molecule has 1 saturated heterocycles. The largest absolute Gasteiger partial charge is 0.368 e. The Kier molecular flexibility index (Phi) is 4.73. The van der Waals surface area contributed by atoms with Crippen molar-refractivity contribution in [3.05, 3.63) is 64.9 Å². The Labute approximate surface area is 174 Å². The van der Waals surface area contributed by atoms with Crippen molar-refractivity contribution >= 4 is 28.2 Å². The van der Waals surface area contributed by atoms with Gasteiger partial charge in [0.1, 0.15) is 5.69 Å². The Hall–Kier alpha value is -2.83. The van der Waals surface area contributed by atoms with E-state index >= 15 is 0 Å². The Balaban J connectivity index is 1.42. The van der Waals surface area contributed by atoms with E-state index < -0.39 is 0 Å². The zero-order valence-electron chi connectivity index (χ0n) is 16.2. The van der Waals surface area contributed by atoms with Gasteiger partial charge in [-0.05, 0) is 42.9 Å². The molecule has 0 amide bonds. The second kappa shape index (κ2) is 7.54. The molecule has 29 heavy (non-hydrogen) atoms. The highest BCUT2D eigenvalue weighted by Gasteiger charge is 2.19. The first-order valence-corrected chi connectivity index (χ1v) is 10.2. The van der Waals surface area contributed by atoms with E-state index in [1.807, 2.05) is 24.3 Å². The molecular formula is C22H22ClN5O. The smallest absolute Gasteiger partial charge is 0.274 e. The van der Waals surface area contributed by atoms with Crippen LogP contribution in [0.2, 0.25) is 5.02 Å². The number of hydrogen-bond acceptors (Lipinski definition) is 5. The predicted octanol–water partition coefficient (Wildman–Crippen LogP) is 4.21. The highest BCUT2D eigenvalue weighted by Crippen LogP contribution is 2.31. The van der Waals surface area contributed by atoms with Gasteiger partial charge in [0, 0.05) is 54.2 Å². The summed E-state index contributed by atoms with van der Waals surface area (Å²) >= 11 is 5.95. The molecule has 1 N–H and O–H groups in total. The van der Waals surface area contributed by atoms with E-state index in [1.54, 1.807) is 0 Å². The number of likely N-dealkylation sites (N-methyl/N-ethyl adjacent to an activating group) is 1. The van der Waals surface area contributed by atoms with Crippen molar-refractivity contribution in [3.63, 3.8) is 0 Å². The molecule has 0 radical (unpaired) electrons. The van der Waals surface area contributed by atoms with Crippen LogP contribution in [0.4, 0.5) is 5.69 Å². The first-order chi connectivity index (χ1) is 14.2. The predicted molar refractivity (Wildman–Crippen MR) is 116 cm³/mol. The van der Waals surface area contributed by atoms with Gasteiger partial charge in [0.15, 0.2) is 5.82 Å². The average molecular weight is 408 g/mol. The number of nitrogens with zero attached hydrogens (tertiary/aromatic N) is 4. The van der Waals surface area contributed by atoms with E-state index in [9.17, 15) is 0 Å². The molecular weight excluding hydrogens is 386 g/mol. The fourth-order valence-corrected chi connectivity index (χ4v) is 3.92. The van der Waals surface area contributed by atoms with Crippen molar-refractivity contribution in [1.82, 2.24) is 20.0 Å². The van der Waals surface area contributed by atoms with Crippen LogP contribution >= 0.6 is 11.6 Å². The van der Waals surface area contributed by atoms with Crippen LogP contribution < -0.4 is 4.90 Å². The van der Waals surface area contributed by atoms with Crippen LogP contribution in [-0.2, 0) is 6.42 Å². The Morgan fingerprint density at radius 2 is 1.86 bits per heavy atom. The van der Waals surface area contributed by atoms with Gasteiger partial charge in [0.25, 0.3) is 5.89 Å². The van der Waals surface area contributed by atoms with Crippen LogP contribution in [0.15, 0.2) is 53.1 Å². The van der Waals surface area contributed by atoms with Crippen molar-refractivity contribution in [2.45, 2.75) is 6.42 Å². The summed E-state index contributed by atoms with van der Waals surface area (Å²) in [7, 11) is 2.17. The summed E-state index contributed by atoms with van der Waals surface area (Å²) in [4.78, 5) is 12.8. The van der Waals surface area contributed by atoms with Gasteiger partial charge in [-0.2, -0.15) is 4.98 Å². The number of fused-ring (bicyclic) bond motifs is 1. The van der Waals surface area contributed by atoms with Gasteiger partial charge < -0.3 is 19.3 Å². The van der Waals surface area contributed by atoms with Crippen LogP contribution in [0.5, 0.6) is 0 Å². The Bertz CT molecular complexity index is 1130. The molecule has 1 aliphatic rings. The van der Waals surface area contributed by atoms with Crippen LogP contribution in [0, 0.1) is 0 Å². The van der Waals surface area contributed by atoms with E-state index in [0.29, 0.717) is 18.1 Å². The van der Waals surface area contributed by atoms with E-state index in [0.717, 1.165) is 48.0 Å². The van der Waals surface area contributed by atoms with Crippen molar-refractivity contribution in [1.29, 1.82) is 0 Å². The maximum atomic E-state index is 5.95. The van der Waals surface area contributed by atoms with Gasteiger partial charge in [-0.3, -0.25) is 0 Å². The molecule has 2 aromatic carbocycles. The summed E-state index contributed by atoms with van der Waals surface area (Å²) in [6.45, 7) is 4.21. The first-order valence-electron chi connectivity index (χ1n) is 9.78. The molecule has 2 aromatic heterocycles. The monoisotopic (exact) mass is 407 g/mol. The molecule has 0 aliphatic carbocycles. The zero-order chi connectivity index (χ0) is 19.8. The van der Waals surface area contributed by atoms with Gasteiger partial charge in [-0.25, -0.2) is 0 Å². The topological polar surface area (TPSA) is 61.2 Å². The van der Waals surface area contributed by atoms with E-state index in [2.05, 4.69) is 56.2 Å². The van der Waals surface area contributed by atoms with Gasteiger partial charge >= 0.3 is 0 Å². The lowest BCUT2D eigenvalue weighted by Crippen LogP contribution is -2.44. The summed E-state index contributed by atoms with van der Waals surface area (Å²) in [6, 6.07) is 16.2. The average Bonchev–Trinajstić information content (AvgIpc) is 3.37. The molecule has 5 rings (SSSR count). The van der Waals surface area contributed by atoms with Crippen LogP contribution in [0.25, 0.3) is 22.5 Å². The fourth-order valence-electron chi connectivity index (χ4n) is 3.80. The number of anilines is 1. The molecule has 6 nitrogen and oxygen atoms in total. The maximum absolute atomic E-state index is 5.95. The van der Waals surface area contributed by atoms with Gasteiger partial charge in [-0.15, -0.1) is 0 Å². The second-order valence-electron chi connectivity index (χ2n) is 7.53. The van der Waals surface area contributed by atoms with Gasteiger partial charge in [0.2, 0.25) is 0 Å². The molecule has 7 heteroatoms. The number of benzene rings is 2. The zero-order valence-corrected chi connectivity index (χ0v) is 17.0. The molecule has 1 fully saturated rings. The second-order valence-corrected chi connectivity index (χ2v) is 7.97. The lowest BCUT2D eigenvalue weighted by molar-refractivity contribution is 0.313. The maximum Gasteiger partial charge on any atom is 0.274 e. The third-order valence-corrected chi connectivity index (χ3v) is 5.71. The summed E-state index contributed by atoms with van der Waals surface area (Å²) < 4.78 is 5.54. The summed E-state index contributed by atoms with van der Waals surface area (Å²) in [5.41, 5.74) is 4.26. The van der Waals surface area contributed by atoms with Crippen molar-refractivity contribution < 1.29 is 4.52 Å². The summed E-state index contributed by atoms with van der Waals surface area (Å²) in [6.07, 6.45) is 0.605. The number of aromatic nitrogens is 3. The Morgan fingerprint density at radius 3 is 2.66 bits per heavy atom. The minimum Gasteiger partial charge on any atom is -0.368 e. The Morgan fingerprint density at radius 1 is 1.07 bits per heavy atom. The van der Waals surface area contributed by atoms with E-state index in [4.69, 9.17) is 16.1 Å². The standard InChI is InChI=1S/C22H22ClN5O/c1-27-9-11-28(12-10-27)20-4-2-3-18-17(20)14-19(24-18)22-25-21(26-29-22)13-15-5-7-16(23)8-6-15/h2-8,14,24H,9-13H2,1H3. The molecule has 3 heterocycles. The molecule has 0 bridgehead atoms. The molecule has 0 unspecified atom stereocenters. The quantitative estimate of drug-likeness (QED) is 0.549. The van der Waals surface area contributed by atoms with E-state index in [-0.39, 0.29) is 0 Å². The van der Waals surface area contributed by atoms with Gasteiger partial charge in [0.05, 0.1) is 0 Å². The summed E-state index contributed by atoms with van der Waals surface area (Å²) in [5.74, 6) is 1.16. The number of aromatic amines is 1. The van der Waals surface area contributed by atoms with Crippen LogP contribution in [0.1, 0.15) is 11.4 Å². The van der Waals surface area contributed by atoms with Crippen LogP contribution in [0.3, 0.4) is 0 Å². The number of piperazine rings is 1. The highest BCUT2D eigenvalue weighted by atomic mass is 35.5. The highest BCUT2D eigenvalue weighted by molar-refractivity contribution is 6.30.